The van der Waals surface area contributed by atoms with Crippen LogP contribution < -0.4 is 10.1 Å². The lowest BCUT2D eigenvalue weighted by atomic mass is 9.70. The van der Waals surface area contributed by atoms with Gasteiger partial charge < -0.3 is 20.3 Å². The summed E-state index contributed by atoms with van der Waals surface area (Å²) in [5.74, 6) is -2.44. The molecular formula is C26H24BrNO6. The number of Topliss-reactive ketones (excluding diaryl/α,β-unsaturated/α-hetero) is 2. The second-order valence-electron chi connectivity index (χ2n) is 8.80. The zero-order valence-corrected chi connectivity index (χ0v) is 21.0. The first-order valence-electron chi connectivity index (χ1n) is 10.7. The highest BCUT2D eigenvalue weighted by Gasteiger charge is 2.56. The maximum absolute atomic E-state index is 13.8. The molecule has 2 aliphatic rings. The summed E-state index contributed by atoms with van der Waals surface area (Å²) in [5.41, 5.74) is -0.239. The lowest BCUT2D eigenvalue weighted by Crippen LogP contribution is -2.41. The fraction of sp³-hybridized carbons (Fsp3) is 0.269. The Bertz CT molecular complexity index is 1340. The molecule has 1 heterocycles. The van der Waals surface area contributed by atoms with E-state index < -0.39 is 28.5 Å². The number of benzene rings is 2. The first kappa shape index (κ1) is 23.8. The van der Waals surface area contributed by atoms with Crippen LogP contribution in [0.1, 0.15) is 60.8 Å². The number of phenolic OH excluding ortho intramolecular Hbond substituents is 2. The molecule has 176 valence electrons. The van der Waals surface area contributed by atoms with Gasteiger partial charge in [-0.15, -0.1) is 0 Å². The van der Waals surface area contributed by atoms with Crippen molar-refractivity contribution in [3.05, 3.63) is 74.1 Å². The number of phenols is 2. The maximum atomic E-state index is 13.8. The van der Waals surface area contributed by atoms with Crippen molar-refractivity contribution < 1.29 is 29.3 Å². The number of hydrogen-bond acceptors (Lipinski definition) is 7. The first-order chi connectivity index (χ1) is 15.9. The summed E-state index contributed by atoms with van der Waals surface area (Å²) in [7, 11) is 0. The Morgan fingerprint density at radius 3 is 2.32 bits per heavy atom. The van der Waals surface area contributed by atoms with E-state index in [1.54, 1.807) is 13.8 Å². The van der Waals surface area contributed by atoms with Crippen molar-refractivity contribution >= 4 is 33.3 Å². The van der Waals surface area contributed by atoms with Gasteiger partial charge in [0.05, 0.1) is 11.1 Å². The Morgan fingerprint density at radius 2 is 1.74 bits per heavy atom. The molecular weight excluding hydrogens is 502 g/mol. The van der Waals surface area contributed by atoms with Gasteiger partial charge in [0.1, 0.15) is 34.0 Å². The van der Waals surface area contributed by atoms with E-state index in [0.29, 0.717) is 5.70 Å². The second kappa shape index (κ2) is 8.13. The number of allylic oxidation sites excluding steroid dienone is 4. The maximum Gasteiger partial charge on any atom is 0.194 e. The van der Waals surface area contributed by atoms with Crippen LogP contribution in [0, 0.1) is 6.92 Å². The van der Waals surface area contributed by atoms with E-state index in [1.807, 2.05) is 31.2 Å². The van der Waals surface area contributed by atoms with E-state index in [9.17, 15) is 24.6 Å². The van der Waals surface area contributed by atoms with Crippen molar-refractivity contribution in [2.45, 2.75) is 46.1 Å². The second-order valence-corrected chi connectivity index (χ2v) is 9.72. The molecule has 0 amide bonds. The van der Waals surface area contributed by atoms with Crippen LogP contribution in [0.4, 0.5) is 0 Å². The number of nitrogens with one attached hydrogen (secondary N) is 1. The Balaban J connectivity index is 1.84. The van der Waals surface area contributed by atoms with E-state index in [0.717, 1.165) is 10.0 Å². The number of ketones is 3. The van der Waals surface area contributed by atoms with Crippen molar-refractivity contribution in [1.29, 1.82) is 0 Å². The van der Waals surface area contributed by atoms with E-state index in [-0.39, 0.29) is 45.6 Å². The van der Waals surface area contributed by atoms with Gasteiger partial charge in [-0.2, -0.15) is 0 Å². The molecule has 2 atom stereocenters. The summed E-state index contributed by atoms with van der Waals surface area (Å²) in [6.07, 6.45) is 1.21. The Hall–Kier alpha value is -3.39. The van der Waals surface area contributed by atoms with Crippen LogP contribution in [0.2, 0.25) is 0 Å². The van der Waals surface area contributed by atoms with E-state index in [2.05, 4.69) is 21.2 Å². The minimum atomic E-state index is -1.53. The molecule has 2 aromatic carbocycles. The van der Waals surface area contributed by atoms with Gasteiger partial charge in [-0.05, 0) is 52.3 Å². The topological polar surface area (TPSA) is 113 Å². The first-order valence-corrected chi connectivity index (χ1v) is 11.5. The zero-order valence-electron chi connectivity index (χ0n) is 19.4. The van der Waals surface area contributed by atoms with Gasteiger partial charge in [0, 0.05) is 27.9 Å². The molecule has 0 aromatic heterocycles. The highest BCUT2D eigenvalue weighted by atomic mass is 79.9. The minimum Gasteiger partial charge on any atom is -0.507 e. The van der Waals surface area contributed by atoms with Crippen LogP contribution in [0.5, 0.6) is 17.2 Å². The predicted molar refractivity (Wildman–Crippen MR) is 129 cm³/mol. The van der Waals surface area contributed by atoms with Crippen LogP contribution in [0.25, 0.3) is 0 Å². The number of rotatable bonds is 4. The van der Waals surface area contributed by atoms with E-state index in [4.69, 9.17) is 4.74 Å². The van der Waals surface area contributed by atoms with Crippen molar-refractivity contribution in [1.82, 2.24) is 5.32 Å². The molecule has 0 saturated carbocycles. The largest absolute Gasteiger partial charge is 0.507 e. The lowest BCUT2D eigenvalue weighted by molar-refractivity contribution is -0.123. The average molecular weight is 526 g/mol. The molecule has 0 unspecified atom stereocenters. The third-order valence-corrected chi connectivity index (χ3v) is 7.09. The van der Waals surface area contributed by atoms with Gasteiger partial charge in [0.25, 0.3) is 0 Å². The summed E-state index contributed by atoms with van der Waals surface area (Å²) in [5, 5.41) is 24.6. The Labute approximate surface area is 205 Å². The third kappa shape index (κ3) is 3.36. The summed E-state index contributed by atoms with van der Waals surface area (Å²) < 4.78 is 6.72. The molecule has 1 aliphatic carbocycles. The Morgan fingerprint density at radius 1 is 1.12 bits per heavy atom. The highest BCUT2D eigenvalue weighted by Crippen LogP contribution is 2.57. The number of aromatic hydroxyl groups is 2. The van der Waals surface area contributed by atoms with Crippen molar-refractivity contribution in [2.24, 2.45) is 0 Å². The van der Waals surface area contributed by atoms with E-state index in [1.165, 1.54) is 19.9 Å². The van der Waals surface area contributed by atoms with Crippen LogP contribution in [-0.2, 0) is 15.0 Å². The molecule has 0 bridgehead atoms. The van der Waals surface area contributed by atoms with Gasteiger partial charge in [0.15, 0.2) is 17.3 Å². The summed E-state index contributed by atoms with van der Waals surface area (Å²) in [4.78, 5) is 39.1. The van der Waals surface area contributed by atoms with Crippen molar-refractivity contribution in [3.8, 4) is 17.2 Å². The molecule has 34 heavy (non-hydrogen) atoms. The molecule has 0 saturated heterocycles. The monoisotopic (exact) mass is 525 g/mol. The molecule has 7 nitrogen and oxygen atoms in total. The average Bonchev–Trinajstić information content (AvgIpc) is 3.05. The minimum absolute atomic E-state index is 0.0119. The molecule has 8 heteroatoms. The number of carbonyl (C=O) groups is 3. The predicted octanol–water partition coefficient (Wildman–Crippen LogP) is 4.68. The molecule has 2 aromatic rings. The molecule has 1 aliphatic heterocycles. The van der Waals surface area contributed by atoms with Gasteiger partial charge in [-0.25, -0.2) is 0 Å². The van der Waals surface area contributed by atoms with Gasteiger partial charge in [-0.1, -0.05) is 28.1 Å². The van der Waals surface area contributed by atoms with Crippen molar-refractivity contribution in [3.63, 3.8) is 0 Å². The van der Waals surface area contributed by atoms with Crippen molar-refractivity contribution in [2.75, 3.05) is 0 Å². The van der Waals surface area contributed by atoms with Crippen LogP contribution in [-0.4, -0.2) is 27.6 Å². The van der Waals surface area contributed by atoms with Gasteiger partial charge in [-0.3, -0.25) is 14.4 Å². The number of hydrogen-bond donors (Lipinski definition) is 3. The molecule has 0 spiro atoms. The van der Waals surface area contributed by atoms with Crippen LogP contribution in [0.15, 0.2) is 51.8 Å². The standard InChI is InChI=1S/C26H24BrNO6/c1-11-22(31)20(14(4)29)24-21(23(11)32)26(5)18(34-24)10-17(30)19(25(26)33)13(3)28-12(2)15-6-8-16(27)9-7-15/h6-10,12,28,31-32H,1-5H3/b19-13+/t12-,26+/m1/s1. The van der Waals surface area contributed by atoms with Crippen LogP contribution in [0.3, 0.4) is 0 Å². The van der Waals surface area contributed by atoms with Crippen LogP contribution >= 0.6 is 15.9 Å². The number of ether oxygens (including phenoxy) is 1. The summed E-state index contributed by atoms with van der Waals surface area (Å²) in [6.45, 7) is 7.82. The fourth-order valence-corrected chi connectivity index (χ4v) is 4.86. The fourth-order valence-electron chi connectivity index (χ4n) is 4.59. The van der Waals surface area contributed by atoms with Gasteiger partial charge in [0.2, 0.25) is 0 Å². The Kier molecular flexibility index (Phi) is 5.68. The zero-order chi connectivity index (χ0) is 25.1. The normalized spacial score (nSPS) is 21.3. The summed E-state index contributed by atoms with van der Waals surface area (Å²) in [6, 6.07) is 7.48. The molecule has 0 fully saturated rings. The third-order valence-electron chi connectivity index (χ3n) is 6.56. The molecule has 3 N–H and O–H groups in total. The van der Waals surface area contributed by atoms with E-state index >= 15 is 0 Å². The molecule has 4 rings (SSSR count). The smallest absolute Gasteiger partial charge is 0.194 e. The number of halogens is 1. The number of fused-ring (bicyclic) bond motifs is 3. The molecule has 0 radical (unpaired) electrons. The quantitative estimate of drug-likeness (QED) is 0.301. The van der Waals surface area contributed by atoms with Gasteiger partial charge >= 0.3 is 0 Å². The number of carbonyl (C=O) groups excluding carboxylic acids is 3. The SMILES string of the molecule is CC(=O)c1c(O)c(C)c(O)c2c1OC1=CC(=O)/C(=C(/C)N[C@H](C)c3ccc(Br)cc3)C(=O)[C@@]12C. The lowest BCUT2D eigenvalue weighted by Gasteiger charge is -2.29. The summed E-state index contributed by atoms with van der Waals surface area (Å²) >= 11 is 3.40. The highest BCUT2D eigenvalue weighted by molar-refractivity contribution is 9.10.